The number of halogens is 2. The molecular formula is C12H14Cl2N2O5S. The van der Waals surface area contributed by atoms with Crippen LogP contribution in [0.3, 0.4) is 0 Å². The van der Waals surface area contributed by atoms with E-state index in [0.717, 1.165) is 0 Å². The van der Waals surface area contributed by atoms with Crippen molar-refractivity contribution in [3.05, 3.63) is 45.5 Å². The number of alkyl halides is 2. The summed E-state index contributed by atoms with van der Waals surface area (Å²) < 4.78 is 24.9. The number of hydrogen-bond acceptors (Lipinski definition) is 6. The van der Waals surface area contributed by atoms with Crippen molar-refractivity contribution in [2.45, 2.75) is 24.7 Å². The Balaban J connectivity index is 3.37. The van der Waals surface area contributed by atoms with Crippen molar-refractivity contribution in [2.75, 3.05) is 5.75 Å². The van der Waals surface area contributed by atoms with Crippen molar-refractivity contribution >= 4 is 39.0 Å². The van der Waals surface area contributed by atoms with E-state index in [2.05, 4.69) is 9.44 Å². The molecule has 1 aromatic carbocycles. The largest absolute Gasteiger partial charge is 0.417 e. The van der Waals surface area contributed by atoms with Gasteiger partial charge in [-0.3, -0.25) is 14.4 Å². The van der Waals surface area contributed by atoms with Crippen LogP contribution in [-0.4, -0.2) is 29.3 Å². The van der Waals surface area contributed by atoms with E-state index in [0.29, 0.717) is 12.0 Å². The Kier molecular flexibility index (Phi) is 6.16. The highest BCUT2D eigenvalue weighted by Gasteiger charge is 2.47. The van der Waals surface area contributed by atoms with Crippen LogP contribution in [0.15, 0.2) is 29.4 Å². The van der Waals surface area contributed by atoms with Crippen molar-refractivity contribution in [3.63, 3.8) is 0 Å². The first-order chi connectivity index (χ1) is 10.1. The van der Waals surface area contributed by atoms with Crippen molar-refractivity contribution in [1.29, 1.82) is 0 Å². The smallest absolute Gasteiger partial charge is 0.268 e. The summed E-state index contributed by atoms with van der Waals surface area (Å²) in [6.07, 6.45) is 0.305. The van der Waals surface area contributed by atoms with Gasteiger partial charge in [0.1, 0.15) is 0 Å². The molecule has 0 aliphatic carbocycles. The minimum Gasteiger partial charge on any atom is -0.268 e. The second kappa shape index (κ2) is 7.26. The molecule has 0 aliphatic heterocycles. The number of oxime groups is 1. The second-order valence-corrected chi connectivity index (χ2v) is 7.35. The van der Waals surface area contributed by atoms with Crippen LogP contribution in [0, 0.1) is 17.0 Å². The molecule has 0 aliphatic rings. The fourth-order valence-corrected chi connectivity index (χ4v) is 2.61. The Morgan fingerprint density at radius 3 is 2.50 bits per heavy atom. The topological polar surface area (TPSA) is 98.9 Å². The standard InChI is InChI=1S/C12H14Cl2N2O5S/c1-3-8-22(19,20)21-15-11(12(13,14)16(17)18)10-7-5-4-6-9(10)2/h4-7H,3,8H2,1-2H3. The van der Waals surface area contributed by atoms with Crippen LogP contribution in [0.2, 0.25) is 0 Å². The summed E-state index contributed by atoms with van der Waals surface area (Å²) in [6, 6.07) is 6.41. The average molecular weight is 369 g/mol. The molecule has 0 saturated heterocycles. The van der Waals surface area contributed by atoms with Gasteiger partial charge in [0, 0.05) is 5.56 Å². The summed E-state index contributed by atoms with van der Waals surface area (Å²) in [6.45, 7) is 3.28. The third kappa shape index (κ3) is 4.56. The summed E-state index contributed by atoms with van der Waals surface area (Å²) >= 11 is 11.4. The molecule has 7 nitrogen and oxygen atoms in total. The van der Waals surface area contributed by atoms with Crippen molar-refractivity contribution in [2.24, 2.45) is 5.16 Å². The number of rotatable bonds is 7. The molecule has 0 fully saturated rings. The molecule has 10 heteroatoms. The summed E-state index contributed by atoms with van der Waals surface area (Å²) in [7, 11) is -3.96. The van der Waals surface area contributed by atoms with E-state index >= 15 is 0 Å². The lowest BCUT2D eigenvalue weighted by atomic mass is 10.0. The van der Waals surface area contributed by atoms with Gasteiger partial charge in [0.25, 0.3) is 0 Å². The molecule has 0 bridgehead atoms. The monoisotopic (exact) mass is 368 g/mol. The molecular weight excluding hydrogens is 355 g/mol. The van der Waals surface area contributed by atoms with Gasteiger partial charge in [0.2, 0.25) is 0 Å². The van der Waals surface area contributed by atoms with Crippen LogP contribution in [0.1, 0.15) is 24.5 Å². The zero-order valence-corrected chi connectivity index (χ0v) is 14.2. The molecule has 0 unspecified atom stereocenters. The third-order valence-corrected chi connectivity index (χ3v) is 4.45. The summed E-state index contributed by atoms with van der Waals surface area (Å²) in [5, 5.41) is 14.4. The Labute approximate surface area is 138 Å². The van der Waals surface area contributed by atoms with Crippen molar-refractivity contribution < 1.29 is 17.6 Å². The molecule has 0 atom stereocenters. The first kappa shape index (κ1) is 18.7. The number of aryl methyl sites for hydroxylation is 1. The molecule has 0 aromatic heterocycles. The molecule has 0 saturated carbocycles. The SMILES string of the molecule is CCCS(=O)(=O)ON=C(c1ccccc1C)C(Cl)(Cl)[N+](=O)[O-]. The van der Waals surface area contributed by atoms with E-state index in [-0.39, 0.29) is 11.3 Å². The molecule has 122 valence electrons. The van der Waals surface area contributed by atoms with Gasteiger partial charge in [0.15, 0.2) is 5.71 Å². The highest BCUT2D eigenvalue weighted by atomic mass is 35.5. The van der Waals surface area contributed by atoms with Crippen LogP contribution in [0.4, 0.5) is 0 Å². The molecule has 0 N–H and O–H groups in total. The van der Waals surface area contributed by atoms with Gasteiger partial charge in [-0.15, -0.1) is 0 Å². The number of nitro groups is 1. The van der Waals surface area contributed by atoms with E-state index in [4.69, 9.17) is 23.2 Å². The lowest BCUT2D eigenvalue weighted by Gasteiger charge is -2.15. The molecule has 0 heterocycles. The van der Waals surface area contributed by atoms with Crippen molar-refractivity contribution in [3.8, 4) is 0 Å². The van der Waals surface area contributed by atoms with Crippen LogP contribution in [0.25, 0.3) is 0 Å². The van der Waals surface area contributed by atoms with Gasteiger partial charge in [0.05, 0.1) is 10.7 Å². The van der Waals surface area contributed by atoms with E-state index in [1.54, 1.807) is 32.0 Å². The van der Waals surface area contributed by atoms with E-state index in [1.165, 1.54) is 6.07 Å². The Hall–Kier alpha value is -1.38. The van der Waals surface area contributed by atoms with Crippen molar-refractivity contribution in [1.82, 2.24) is 0 Å². The van der Waals surface area contributed by atoms with Gasteiger partial charge in [-0.05, 0) is 42.1 Å². The van der Waals surface area contributed by atoms with E-state index in [9.17, 15) is 18.5 Å². The zero-order valence-electron chi connectivity index (χ0n) is 11.8. The predicted molar refractivity (Wildman–Crippen MR) is 84.3 cm³/mol. The fourth-order valence-electron chi connectivity index (χ4n) is 1.57. The van der Waals surface area contributed by atoms with Crippen LogP contribution in [0.5, 0.6) is 0 Å². The number of hydrogen-bond donors (Lipinski definition) is 0. The highest BCUT2D eigenvalue weighted by Crippen LogP contribution is 2.29. The van der Waals surface area contributed by atoms with Gasteiger partial charge >= 0.3 is 14.6 Å². The maximum Gasteiger partial charge on any atom is 0.417 e. The van der Waals surface area contributed by atoms with E-state index in [1.807, 2.05) is 0 Å². The lowest BCUT2D eigenvalue weighted by molar-refractivity contribution is -0.496. The number of nitrogens with zero attached hydrogens (tertiary/aromatic N) is 2. The first-order valence-electron chi connectivity index (χ1n) is 6.20. The second-order valence-electron chi connectivity index (χ2n) is 4.39. The Morgan fingerprint density at radius 2 is 2.00 bits per heavy atom. The fraction of sp³-hybridized carbons (Fsp3) is 0.417. The Bertz CT molecular complexity index is 689. The quantitative estimate of drug-likeness (QED) is 0.242. The Morgan fingerprint density at radius 1 is 1.41 bits per heavy atom. The minimum absolute atomic E-state index is 0.218. The molecule has 22 heavy (non-hydrogen) atoms. The molecule has 1 aromatic rings. The molecule has 0 spiro atoms. The first-order valence-corrected chi connectivity index (χ1v) is 8.53. The average Bonchev–Trinajstić information content (AvgIpc) is 2.40. The normalized spacial score (nSPS) is 13.0. The summed E-state index contributed by atoms with van der Waals surface area (Å²) in [4.78, 5) is 10.1. The van der Waals surface area contributed by atoms with Crippen LogP contribution >= 0.6 is 23.2 Å². The summed E-state index contributed by atoms with van der Waals surface area (Å²) in [5.74, 6) is -0.284. The van der Waals surface area contributed by atoms with E-state index < -0.39 is 25.2 Å². The van der Waals surface area contributed by atoms with Crippen LogP contribution in [-0.2, 0) is 14.4 Å². The number of benzene rings is 1. The molecule has 0 radical (unpaired) electrons. The molecule has 1 rings (SSSR count). The van der Waals surface area contributed by atoms with Gasteiger partial charge in [-0.2, -0.15) is 8.42 Å². The lowest BCUT2D eigenvalue weighted by Crippen LogP contribution is -2.36. The maximum atomic E-state index is 11.6. The van der Waals surface area contributed by atoms with Gasteiger partial charge < -0.3 is 0 Å². The van der Waals surface area contributed by atoms with Gasteiger partial charge in [-0.25, -0.2) is 0 Å². The maximum absolute atomic E-state index is 11.6. The third-order valence-electron chi connectivity index (χ3n) is 2.61. The predicted octanol–water partition coefficient (Wildman–Crippen LogP) is 2.86. The minimum atomic E-state index is -3.96. The van der Waals surface area contributed by atoms with Gasteiger partial charge in [-0.1, -0.05) is 36.3 Å². The van der Waals surface area contributed by atoms with Crippen LogP contribution < -0.4 is 0 Å². The summed E-state index contributed by atoms with van der Waals surface area (Å²) in [5.41, 5.74) is 0.291. The highest BCUT2D eigenvalue weighted by molar-refractivity contribution is 7.86. The zero-order chi connectivity index (χ0) is 17.0. The molecule has 0 amide bonds.